The van der Waals surface area contributed by atoms with Crippen molar-refractivity contribution in [2.45, 2.75) is 27.7 Å². The molecule has 0 fully saturated rings. The van der Waals surface area contributed by atoms with Crippen molar-refractivity contribution in [3.05, 3.63) is 442 Å². The van der Waals surface area contributed by atoms with Crippen LogP contribution in [-0.2, 0) is 49.1 Å². The van der Waals surface area contributed by atoms with Crippen LogP contribution in [0, 0.1) is 52.0 Å². The van der Waals surface area contributed by atoms with Crippen LogP contribution in [0.5, 0.6) is 0 Å². The zero-order valence-electron chi connectivity index (χ0n) is 68.7. The number of fused-ring (bicyclic) bond motifs is 8. The number of hydrogen-bond donors (Lipinski definition) is 0. The minimum atomic E-state index is -3.21. The van der Waals surface area contributed by atoms with Gasteiger partial charge in [0.05, 0.1) is 0 Å². The molecule has 0 N–H and O–H groups in total. The fraction of sp³-hybridized carbons (Fsp3) is 0.0467. The number of aromatic nitrogens is 8. The summed E-state index contributed by atoms with van der Waals surface area (Å²) in [4.78, 5) is 10.1. The van der Waals surface area contributed by atoms with Gasteiger partial charge in [0, 0.05) is 112 Å². The minimum Gasteiger partial charge on any atom is -0.319 e. The van der Waals surface area contributed by atoms with E-state index in [2.05, 4.69) is 416 Å². The summed E-state index contributed by atoms with van der Waals surface area (Å²) in [5, 5.41) is 13.8. The zero-order valence-corrected chi connectivity index (χ0v) is 72.3. The van der Waals surface area contributed by atoms with Crippen molar-refractivity contribution in [2.24, 2.45) is 6.98 Å². The van der Waals surface area contributed by atoms with Crippen molar-refractivity contribution in [2.75, 3.05) is 0 Å². The van der Waals surface area contributed by atoms with E-state index in [1.54, 1.807) is 6.33 Å². The SMILES string of the molecule is Cc1cccc(C)c1-c1ccnc(-n2c3[c-]c([Si](c4[c-]c(-n5[cH+]n(-c6ccccc6)c6ccccc65)ccc4)(c4ccccc4)c4ccccc4)ccc3c3ccccc32)c1.[2H]C([2H])([2H])n1[cH+]n(-c2[c-]c([Si](c3[c-]c4c(cc3)c3ccccc3n4-c3cc(-c4c(C)cccc4C)ccn3)(c3ccccc3)c3ccccc3)ccc2)c2ccccc21.[Pt].[Pt]. The third kappa shape index (κ3) is 13.3. The number of benzene rings is 15. The fourth-order valence-electron chi connectivity index (χ4n) is 18.3. The number of para-hydroxylation sites is 7. The summed E-state index contributed by atoms with van der Waals surface area (Å²) in [5.41, 5.74) is 20.3. The van der Waals surface area contributed by atoms with Gasteiger partial charge in [0.1, 0.15) is 33.5 Å². The molecule has 8 nitrogen and oxygen atoms in total. The second-order valence-corrected chi connectivity index (χ2v) is 37.7. The molecule has 0 aliphatic carbocycles. The van der Waals surface area contributed by atoms with Crippen LogP contribution in [0.3, 0.4) is 0 Å². The van der Waals surface area contributed by atoms with E-state index in [9.17, 15) is 0 Å². The summed E-state index contributed by atoms with van der Waals surface area (Å²) in [6.45, 7) is 6.34. The van der Waals surface area contributed by atoms with E-state index in [0.717, 1.165) is 115 Å². The monoisotopic (exact) mass is 1930 g/mol. The fourth-order valence-corrected chi connectivity index (χ4v) is 27.4. The predicted molar refractivity (Wildman–Crippen MR) is 490 cm³/mol. The molecule has 6 heterocycles. The summed E-state index contributed by atoms with van der Waals surface area (Å²) >= 11 is 0. The average molecular weight is 1930 g/mol. The third-order valence-corrected chi connectivity index (χ3v) is 32.7. The maximum atomic E-state index is 8.34. The molecule has 12 heteroatoms. The molecular weight excluding hydrogens is 1840 g/mol. The largest absolute Gasteiger partial charge is 0.319 e. The van der Waals surface area contributed by atoms with E-state index in [1.807, 2.05) is 47.3 Å². The van der Waals surface area contributed by atoms with Crippen molar-refractivity contribution < 1.29 is 46.2 Å². The van der Waals surface area contributed by atoms with Gasteiger partial charge >= 0.3 is 0 Å². The van der Waals surface area contributed by atoms with Gasteiger partial charge in [-0.05, 0) is 164 Å². The Morgan fingerprint density at radius 2 is 0.630 bits per heavy atom. The Morgan fingerprint density at radius 1 is 0.294 bits per heavy atom. The van der Waals surface area contributed by atoms with Crippen LogP contribution in [0.15, 0.2) is 395 Å². The molecule has 119 heavy (non-hydrogen) atoms. The van der Waals surface area contributed by atoms with Crippen LogP contribution in [0.1, 0.15) is 26.4 Å². The molecule has 0 aliphatic heterocycles. The normalized spacial score (nSPS) is 12.1. The van der Waals surface area contributed by atoms with Crippen LogP contribution < -0.4 is 41.5 Å². The van der Waals surface area contributed by atoms with Gasteiger partial charge in [-0.15, -0.1) is 40.2 Å². The van der Waals surface area contributed by atoms with Crippen LogP contribution >= 0.6 is 0 Å². The Balaban J connectivity index is 0.000000164. The minimum absolute atomic E-state index is 0. The predicted octanol–water partition coefficient (Wildman–Crippen LogP) is 19.5. The Labute approximate surface area is 728 Å². The molecule has 0 saturated heterocycles. The summed E-state index contributed by atoms with van der Waals surface area (Å²) < 4.78 is 37.4. The molecule has 0 atom stereocenters. The van der Waals surface area contributed by atoms with E-state index >= 15 is 0 Å². The first-order valence-corrected chi connectivity index (χ1v) is 43.7. The Kier molecular flexibility index (Phi) is 20.1. The Morgan fingerprint density at radius 3 is 1.04 bits per heavy atom. The smallest absolute Gasteiger partial charge is 0.188 e. The summed E-state index contributed by atoms with van der Waals surface area (Å²) in [5.74, 6) is 1.69. The first-order chi connectivity index (χ1) is 58.8. The van der Waals surface area contributed by atoms with Crippen molar-refractivity contribution in [3.63, 3.8) is 0 Å². The number of nitrogens with zero attached hydrogens (tertiary/aromatic N) is 8. The molecule has 0 unspecified atom stereocenters. The van der Waals surface area contributed by atoms with E-state index in [4.69, 9.17) is 14.1 Å². The summed E-state index contributed by atoms with van der Waals surface area (Å²) in [7, 11) is -6.33. The van der Waals surface area contributed by atoms with Gasteiger partial charge < -0.3 is 9.13 Å². The molecule has 0 aliphatic rings. The van der Waals surface area contributed by atoms with E-state index in [-0.39, 0.29) is 42.1 Å². The van der Waals surface area contributed by atoms with Gasteiger partial charge in [-0.25, -0.2) is 23.7 Å². The second-order valence-electron chi connectivity index (χ2n) is 30.2. The van der Waals surface area contributed by atoms with Crippen LogP contribution in [-0.4, -0.2) is 53.5 Å². The van der Waals surface area contributed by atoms with Crippen molar-refractivity contribution in [1.29, 1.82) is 0 Å². The number of hydrogen-bond acceptors (Lipinski definition) is 2. The Hall–Kier alpha value is -13.0. The van der Waals surface area contributed by atoms with Crippen LogP contribution in [0.4, 0.5) is 0 Å². The number of rotatable bonds is 15. The topological polar surface area (TPSA) is 55.4 Å². The third-order valence-electron chi connectivity index (χ3n) is 23.5. The number of aryl methyl sites for hydroxylation is 5. The number of pyridine rings is 2. The number of imidazole rings is 2. The van der Waals surface area contributed by atoms with E-state index < -0.39 is 23.1 Å². The molecule has 0 saturated carbocycles. The average Bonchev–Trinajstić information content (AvgIpc) is 0.963. The zero-order chi connectivity index (χ0) is 81.2. The quantitative estimate of drug-likeness (QED) is 0.0583. The van der Waals surface area contributed by atoms with E-state index in [1.165, 1.54) is 64.1 Å². The van der Waals surface area contributed by atoms with Gasteiger partial charge in [-0.2, -0.15) is 80.8 Å². The maximum Gasteiger partial charge on any atom is 0.188 e. The maximum absolute atomic E-state index is 8.34. The van der Waals surface area contributed by atoms with E-state index in [0.29, 0.717) is 5.52 Å². The molecule has 21 aromatic rings. The first-order valence-electron chi connectivity index (χ1n) is 41.2. The molecule has 0 amide bonds. The molecule has 0 radical (unpaired) electrons. The van der Waals surface area contributed by atoms with Crippen molar-refractivity contribution in [3.8, 4) is 51.0 Å². The first kappa shape index (κ1) is 73.6. The molecule has 578 valence electrons. The molecule has 0 spiro atoms. The summed E-state index contributed by atoms with van der Waals surface area (Å²) in [6.07, 6.45) is 7.73. The molecular formula is C107H80N8Pt2Si2-2. The molecule has 21 rings (SSSR count). The van der Waals surface area contributed by atoms with Gasteiger partial charge in [0.2, 0.25) is 0 Å². The molecule has 15 aromatic carbocycles. The van der Waals surface area contributed by atoms with Gasteiger partial charge in [-0.1, -0.05) is 235 Å². The van der Waals surface area contributed by atoms with Crippen LogP contribution in [0.2, 0.25) is 0 Å². The standard InChI is InChI=1S/C56H41N4Si.C51H39N4Si.2Pt/c1-40-18-16-19-41(2)56(40)42-34-35-57-55(36-42)60-51-29-13-12-28-49(51)50-33-32-48(38-54(50)60)61(45-23-8-4-9-24-45,46-25-10-5-11-26-46)47-27-17-22-44(37-47)59-39-58(43-20-6-3-7-21-43)52-30-14-15-31-53(52)59;1-36-16-14-17-37(2)51(36)38-30-31-52-50(32-38)55-46-25-11-10-24-44(46)45-29-28-43(34-49(45)55)56(40-19-6-4-7-20-40,41-21-8-5-9-22-41)42-23-15-18-39(33-42)54-35-53(3)47-26-12-13-27-48(47)54;;/h3-36,39H,1-2H3;4-32,35H,1-3H3;;/q2*-1;;/i;3D3;;. The van der Waals surface area contributed by atoms with Gasteiger partial charge in [0.25, 0.3) is 0 Å². The van der Waals surface area contributed by atoms with Gasteiger partial charge in [0.15, 0.2) is 34.7 Å². The molecule has 6 aromatic heterocycles. The van der Waals surface area contributed by atoms with Gasteiger partial charge in [-0.3, -0.25) is 0 Å². The summed E-state index contributed by atoms with van der Waals surface area (Å²) in [6, 6.07) is 148. The van der Waals surface area contributed by atoms with Crippen molar-refractivity contribution in [1.82, 2.24) is 37.4 Å². The van der Waals surface area contributed by atoms with Crippen molar-refractivity contribution >= 4 is 123 Å². The Bertz CT molecular complexity index is 7360. The molecule has 0 bridgehead atoms. The second kappa shape index (κ2) is 32.4. The van der Waals surface area contributed by atoms with Crippen LogP contribution in [0.25, 0.3) is 117 Å².